The lowest BCUT2D eigenvalue weighted by Crippen LogP contribution is -2.05. The molecular formula is C13H14FNOS. The molecule has 2 nitrogen and oxygen atoms in total. The molecule has 0 bridgehead atoms. The molecule has 1 unspecified atom stereocenters. The lowest BCUT2D eigenvalue weighted by Gasteiger charge is -2.14. The first-order chi connectivity index (χ1) is 8.00. The summed E-state index contributed by atoms with van der Waals surface area (Å²) in [5, 5.41) is 10.2. The van der Waals surface area contributed by atoms with Crippen LogP contribution in [-0.4, -0.2) is 10.1 Å². The molecule has 0 amide bonds. The third-order valence-electron chi connectivity index (χ3n) is 2.79. The van der Waals surface area contributed by atoms with Gasteiger partial charge >= 0.3 is 0 Å². The average molecular weight is 251 g/mol. The monoisotopic (exact) mass is 251 g/mol. The molecule has 0 aliphatic carbocycles. The van der Waals surface area contributed by atoms with Gasteiger partial charge in [0.2, 0.25) is 0 Å². The van der Waals surface area contributed by atoms with E-state index in [0.717, 1.165) is 16.8 Å². The van der Waals surface area contributed by atoms with Gasteiger partial charge in [0.15, 0.2) is 0 Å². The van der Waals surface area contributed by atoms with Crippen molar-refractivity contribution >= 4 is 11.3 Å². The van der Waals surface area contributed by atoms with E-state index in [9.17, 15) is 9.50 Å². The van der Waals surface area contributed by atoms with Crippen molar-refractivity contribution in [2.75, 3.05) is 0 Å². The first-order valence-electron chi connectivity index (χ1n) is 5.35. The molecule has 1 aromatic heterocycles. The Morgan fingerprint density at radius 1 is 1.29 bits per heavy atom. The zero-order chi connectivity index (χ0) is 12.6. The van der Waals surface area contributed by atoms with Crippen molar-refractivity contribution in [3.63, 3.8) is 0 Å². The number of rotatable bonds is 2. The summed E-state index contributed by atoms with van der Waals surface area (Å²) < 4.78 is 13.9. The van der Waals surface area contributed by atoms with Crippen LogP contribution in [0.3, 0.4) is 0 Å². The summed E-state index contributed by atoms with van der Waals surface area (Å²) in [6, 6.07) is 3.32. The van der Waals surface area contributed by atoms with E-state index in [4.69, 9.17) is 0 Å². The predicted octanol–water partition coefficient (Wildman–Crippen LogP) is 3.29. The molecule has 0 radical (unpaired) electrons. The summed E-state index contributed by atoms with van der Waals surface area (Å²) >= 11 is 1.35. The third kappa shape index (κ3) is 2.23. The fourth-order valence-electron chi connectivity index (χ4n) is 1.98. The fourth-order valence-corrected chi connectivity index (χ4v) is 2.77. The highest BCUT2D eigenvalue weighted by molar-refractivity contribution is 7.09. The Morgan fingerprint density at radius 2 is 2.00 bits per heavy atom. The van der Waals surface area contributed by atoms with Gasteiger partial charge in [-0.3, -0.25) is 0 Å². The first kappa shape index (κ1) is 12.2. The standard InChI is InChI=1S/C13H14FNOS/c1-7-4-8(2)11(10(14)5-7)12(16)13-9(3)15-6-17-13/h4-6,12,16H,1-3H3. The van der Waals surface area contributed by atoms with Crippen LogP contribution >= 0.6 is 11.3 Å². The Hall–Kier alpha value is -1.26. The second kappa shape index (κ2) is 4.55. The molecule has 2 aromatic rings. The minimum absolute atomic E-state index is 0.350. The zero-order valence-electron chi connectivity index (χ0n) is 9.99. The van der Waals surface area contributed by atoms with Gasteiger partial charge in [0.1, 0.15) is 11.9 Å². The predicted molar refractivity (Wildman–Crippen MR) is 66.8 cm³/mol. The SMILES string of the molecule is Cc1cc(C)c(C(O)c2scnc2C)c(F)c1. The number of aromatic nitrogens is 1. The van der Waals surface area contributed by atoms with Gasteiger partial charge in [0.05, 0.1) is 16.1 Å². The Labute approximate surface area is 104 Å². The lowest BCUT2D eigenvalue weighted by atomic mass is 9.99. The Kier molecular flexibility index (Phi) is 3.26. The molecule has 0 saturated heterocycles. The molecule has 0 spiro atoms. The summed E-state index contributed by atoms with van der Waals surface area (Å²) in [6.45, 7) is 5.46. The van der Waals surface area contributed by atoms with Gasteiger partial charge in [0, 0.05) is 5.56 Å². The summed E-state index contributed by atoms with van der Waals surface area (Å²) in [5.74, 6) is -0.359. The van der Waals surface area contributed by atoms with E-state index >= 15 is 0 Å². The molecule has 1 aromatic carbocycles. The van der Waals surface area contributed by atoms with E-state index < -0.39 is 6.10 Å². The minimum Gasteiger partial charge on any atom is -0.383 e. The highest BCUT2D eigenvalue weighted by Gasteiger charge is 2.21. The van der Waals surface area contributed by atoms with Gasteiger partial charge in [0.25, 0.3) is 0 Å². The maximum atomic E-state index is 13.9. The molecule has 2 rings (SSSR count). The van der Waals surface area contributed by atoms with E-state index in [-0.39, 0.29) is 5.82 Å². The quantitative estimate of drug-likeness (QED) is 0.888. The van der Waals surface area contributed by atoms with Gasteiger partial charge in [-0.25, -0.2) is 9.37 Å². The van der Waals surface area contributed by atoms with Gasteiger partial charge in [-0.05, 0) is 38.0 Å². The van der Waals surface area contributed by atoms with E-state index in [1.54, 1.807) is 5.51 Å². The Bertz CT molecular complexity index is 527. The molecular weight excluding hydrogens is 237 g/mol. The van der Waals surface area contributed by atoms with E-state index in [1.807, 2.05) is 26.8 Å². The minimum atomic E-state index is -0.928. The number of aliphatic hydroxyl groups excluding tert-OH is 1. The van der Waals surface area contributed by atoms with E-state index in [2.05, 4.69) is 4.98 Å². The van der Waals surface area contributed by atoms with Crippen LogP contribution in [-0.2, 0) is 0 Å². The number of benzene rings is 1. The second-order valence-electron chi connectivity index (χ2n) is 4.18. The number of nitrogens with zero attached hydrogens (tertiary/aromatic N) is 1. The summed E-state index contributed by atoms with van der Waals surface area (Å²) in [6.07, 6.45) is -0.928. The van der Waals surface area contributed by atoms with Crippen molar-refractivity contribution in [3.05, 3.63) is 50.7 Å². The molecule has 0 aliphatic heterocycles. The van der Waals surface area contributed by atoms with Crippen molar-refractivity contribution in [3.8, 4) is 0 Å². The number of hydrogen-bond donors (Lipinski definition) is 1. The number of hydrogen-bond acceptors (Lipinski definition) is 3. The van der Waals surface area contributed by atoms with Crippen LogP contribution in [0, 0.1) is 26.6 Å². The Balaban J connectivity index is 2.51. The maximum absolute atomic E-state index is 13.9. The van der Waals surface area contributed by atoms with Crippen molar-refractivity contribution in [1.29, 1.82) is 0 Å². The van der Waals surface area contributed by atoms with Crippen LogP contribution in [0.5, 0.6) is 0 Å². The van der Waals surface area contributed by atoms with Crippen LogP contribution in [0.25, 0.3) is 0 Å². The van der Waals surface area contributed by atoms with Crippen molar-refractivity contribution in [2.24, 2.45) is 0 Å². The van der Waals surface area contributed by atoms with Crippen LogP contribution in [0.15, 0.2) is 17.6 Å². The van der Waals surface area contributed by atoms with Crippen LogP contribution in [0.1, 0.15) is 33.4 Å². The number of aryl methyl sites for hydroxylation is 3. The van der Waals surface area contributed by atoms with E-state index in [0.29, 0.717) is 10.4 Å². The van der Waals surface area contributed by atoms with Crippen molar-refractivity contribution in [1.82, 2.24) is 4.98 Å². The highest BCUT2D eigenvalue weighted by Crippen LogP contribution is 2.31. The number of aliphatic hydroxyl groups is 1. The normalized spacial score (nSPS) is 12.8. The fraction of sp³-hybridized carbons (Fsp3) is 0.308. The summed E-state index contributed by atoms with van der Waals surface area (Å²) in [5.41, 5.74) is 4.39. The number of thiazole rings is 1. The van der Waals surface area contributed by atoms with Crippen LogP contribution in [0.2, 0.25) is 0 Å². The van der Waals surface area contributed by atoms with Crippen LogP contribution in [0.4, 0.5) is 4.39 Å². The van der Waals surface area contributed by atoms with Crippen molar-refractivity contribution < 1.29 is 9.50 Å². The van der Waals surface area contributed by atoms with Gasteiger partial charge < -0.3 is 5.11 Å². The molecule has 0 fully saturated rings. The summed E-state index contributed by atoms with van der Waals surface area (Å²) in [7, 11) is 0. The Morgan fingerprint density at radius 3 is 2.53 bits per heavy atom. The maximum Gasteiger partial charge on any atom is 0.129 e. The van der Waals surface area contributed by atoms with Gasteiger partial charge in [-0.1, -0.05) is 6.07 Å². The summed E-state index contributed by atoms with van der Waals surface area (Å²) in [4.78, 5) is 4.78. The first-order valence-corrected chi connectivity index (χ1v) is 6.23. The molecule has 4 heteroatoms. The molecule has 17 heavy (non-hydrogen) atoms. The molecule has 1 N–H and O–H groups in total. The number of halogens is 1. The molecule has 1 atom stereocenters. The third-order valence-corrected chi connectivity index (χ3v) is 3.77. The lowest BCUT2D eigenvalue weighted by molar-refractivity contribution is 0.217. The largest absolute Gasteiger partial charge is 0.383 e. The highest BCUT2D eigenvalue weighted by atomic mass is 32.1. The molecule has 0 saturated carbocycles. The average Bonchev–Trinajstić information content (AvgIpc) is 2.62. The zero-order valence-corrected chi connectivity index (χ0v) is 10.8. The molecule has 0 aliphatic rings. The second-order valence-corrected chi connectivity index (χ2v) is 5.07. The molecule has 1 heterocycles. The topological polar surface area (TPSA) is 33.1 Å². The van der Waals surface area contributed by atoms with E-state index in [1.165, 1.54) is 17.4 Å². The van der Waals surface area contributed by atoms with Crippen molar-refractivity contribution in [2.45, 2.75) is 26.9 Å². The van der Waals surface area contributed by atoms with Gasteiger partial charge in [-0.2, -0.15) is 0 Å². The van der Waals surface area contributed by atoms with Gasteiger partial charge in [-0.15, -0.1) is 11.3 Å². The molecule has 90 valence electrons. The van der Waals surface area contributed by atoms with Crippen LogP contribution < -0.4 is 0 Å². The smallest absolute Gasteiger partial charge is 0.129 e.